The Bertz CT molecular complexity index is 1540. The molecule has 0 aliphatic heterocycles. The van der Waals surface area contributed by atoms with E-state index in [4.69, 9.17) is 37.4 Å². The predicted octanol–water partition coefficient (Wildman–Crippen LogP) is 5.16. The molecule has 0 aliphatic carbocycles. The van der Waals surface area contributed by atoms with Gasteiger partial charge < -0.3 is 24.4 Å². The van der Waals surface area contributed by atoms with Crippen LogP contribution in [0, 0.1) is 0 Å². The summed E-state index contributed by atoms with van der Waals surface area (Å²) in [5.41, 5.74) is 0.743. The van der Waals surface area contributed by atoms with Crippen LogP contribution in [-0.4, -0.2) is 65.1 Å². The molecule has 43 heavy (non-hydrogen) atoms. The summed E-state index contributed by atoms with van der Waals surface area (Å²) in [4.78, 5) is 28.1. The van der Waals surface area contributed by atoms with E-state index in [0.29, 0.717) is 40.3 Å². The van der Waals surface area contributed by atoms with Gasteiger partial charge in [-0.05, 0) is 74.9 Å². The number of halogens is 2. The molecule has 0 aromatic heterocycles. The third-order valence-electron chi connectivity index (χ3n) is 6.53. The first-order valence-corrected chi connectivity index (χ1v) is 15.6. The lowest BCUT2D eigenvalue weighted by Gasteiger charge is -2.32. The van der Waals surface area contributed by atoms with E-state index >= 15 is 0 Å². The van der Waals surface area contributed by atoms with Gasteiger partial charge in [0, 0.05) is 29.2 Å². The van der Waals surface area contributed by atoms with Crippen LogP contribution >= 0.6 is 23.2 Å². The summed E-state index contributed by atoms with van der Waals surface area (Å²) < 4.78 is 45.3. The molecule has 3 aromatic carbocycles. The van der Waals surface area contributed by atoms with Crippen molar-refractivity contribution in [3.63, 3.8) is 0 Å². The van der Waals surface area contributed by atoms with Gasteiger partial charge in [0.05, 0.1) is 31.4 Å². The van der Waals surface area contributed by atoms with E-state index in [1.165, 1.54) is 43.4 Å². The number of benzene rings is 3. The fraction of sp³-hybridized carbons (Fsp3) is 0.333. The van der Waals surface area contributed by atoms with E-state index in [-0.39, 0.29) is 22.9 Å². The Balaban J connectivity index is 2.10. The van der Waals surface area contributed by atoms with E-state index in [0.717, 1.165) is 4.31 Å². The second-order valence-corrected chi connectivity index (χ2v) is 12.0. The molecule has 0 saturated carbocycles. The van der Waals surface area contributed by atoms with Crippen LogP contribution in [0.3, 0.4) is 0 Å². The maximum atomic E-state index is 14.1. The molecule has 3 aromatic rings. The average Bonchev–Trinajstić information content (AvgIpc) is 2.99. The molecule has 0 spiro atoms. The second kappa shape index (κ2) is 15.2. The van der Waals surface area contributed by atoms with Gasteiger partial charge in [-0.2, -0.15) is 0 Å². The lowest BCUT2D eigenvalue weighted by molar-refractivity contribution is -0.139. The van der Waals surface area contributed by atoms with Crippen molar-refractivity contribution in [3.8, 4) is 17.2 Å². The second-order valence-electron chi connectivity index (χ2n) is 9.28. The highest BCUT2D eigenvalue weighted by Crippen LogP contribution is 2.33. The first kappa shape index (κ1) is 33.8. The van der Waals surface area contributed by atoms with Crippen molar-refractivity contribution in [1.29, 1.82) is 0 Å². The van der Waals surface area contributed by atoms with Crippen LogP contribution in [0.4, 0.5) is 5.69 Å². The highest BCUT2D eigenvalue weighted by Gasteiger charge is 2.33. The number of sulfonamides is 1. The number of hydrogen-bond donors (Lipinski definition) is 1. The molecule has 232 valence electrons. The lowest BCUT2D eigenvalue weighted by Crippen LogP contribution is -2.51. The van der Waals surface area contributed by atoms with Gasteiger partial charge in [-0.25, -0.2) is 8.42 Å². The molecule has 0 aliphatic rings. The van der Waals surface area contributed by atoms with Crippen molar-refractivity contribution in [2.75, 3.05) is 38.2 Å². The molecule has 0 unspecified atom stereocenters. The van der Waals surface area contributed by atoms with E-state index < -0.39 is 34.4 Å². The highest BCUT2D eigenvalue weighted by molar-refractivity contribution is 7.92. The van der Waals surface area contributed by atoms with Crippen LogP contribution < -0.4 is 23.8 Å². The standard InChI is InChI=1S/C30H35Cl2N3O7S/c1-6-33-30(37)20(3)34(18-21-8-9-22(31)16-26(21)32)29(36)19-35(23-10-12-24(13-11-23)42-7-2)43(38,39)25-14-15-27(40-4)28(17-25)41-5/h8-17,20H,6-7,18-19H2,1-5H3,(H,33,37)/t20-/m1/s1. The highest BCUT2D eigenvalue weighted by atomic mass is 35.5. The Morgan fingerprint density at radius 3 is 2.19 bits per heavy atom. The van der Waals surface area contributed by atoms with E-state index in [1.807, 2.05) is 6.92 Å². The summed E-state index contributed by atoms with van der Waals surface area (Å²) in [6.45, 7) is 5.23. The maximum Gasteiger partial charge on any atom is 0.264 e. The Kier molecular flexibility index (Phi) is 11.9. The number of hydrogen-bond acceptors (Lipinski definition) is 7. The molecule has 0 fully saturated rings. The monoisotopic (exact) mass is 651 g/mol. The van der Waals surface area contributed by atoms with Gasteiger partial charge >= 0.3 is 0 Å². The minimum absolute atomic E-state index is 0.0688. The third kappa shape index (κ3) is 8.25. The van der Waals surface area contributed by atoms with Crippen molar-refractivity contribution in [2.24, 2.45) is 0 Å². The van der Waals surface area contributed by atoms with Gasteiger partial charge in [0.2, 0.25) is 11.8 Å². The number of ether oxygens (including phenoxy) is 3. The van der Waals surface area contributed by atoms with Gasteiger partial charge in [0.25, 0.3) is 10.0 Å². The van der Waals surface area contributed by atoms with Crippen molar-refractivity contribution >= 4 is 50.7 Å². The summed E-state index contributed by atoms with van der Waals surface area (Å²) in [5.74, 6) is 0.0289. The summed E-state index contributed by atoms with van der Waals surface area (Å²) in [7, 11) is -1.51. The van der Waals surface area contributed by atoms with Crippen molar-refractivity contribution in [3.05, 3.63) is 76.3 Å². The molecule has 2 amide bonds. The van der Waals surface area contributed by atoms with Gasteiger partial charge in [-0.15, -0.1) is 0 Å². The summed E-state index contributed by atoms with van der Waals surface area (Å²) in [6.07, 6.45) is 0. The Morgan fingerprint density at radius 2 is 1.60 bits per heavy atom. The SMILES string of the molecule is CCNC(=O)[C@@H](C)N(Cc1ccc(Cl)cc1Cl)C(=O)CN(c1ccc(OCC)cc1)S(=O)(=O)c1ccc(OC)c(OC)c1. The van der Waals surface area contributed by atoms with Gasteiger partial charge in [0.1, 0.15) is 18.3 Å². The number of methoxy groups -OCH3 is 2. The quantitative estimate of drug-likeness (QED) is 0.256. The number of likely N-dealkylation sites (N-methyl/N-ethyl adjacent to an activating group) is 1. The zero-order chi connectivity index (χ0) is 31.7. The van der Waals surface area contributed by atoms with Crippen molar-refractivity contribution in [2.45, 2.75) is 38.3 Å². The molecular formula is C30H35Cl2N3O7S. The first-order chi connectivity index (χ1) is 20.5. The van der Waals surface area contributed by atoms with Crippen LogP contribution in [0.1, 0.15) is 26.3 Å². The average molecular weight is 653 g/mol. The molecular weight excluding hydrogens is 617 g/mol. The lowest BCUT2D eigenvalue weighted by atomic mass is 10.1. The van der Waals surface area contributed by atoms with Crippen molar-refractivity contribution < 1.29 is 32.2 Å². The smallest absolute Gasteiger partial charge is 0.264 e. The van der Waals surface area contributed by atoms with Crippen LogP contribution in [0.15, 0.2) is 65.6 Å². The number of anilines is 1. The third-order valence-corrected chi connectivity index (χ3v) is 8.89. The zero-order valence-electron chi connectivity index (χ0n) is 24.6. The van der Waals surface area contributed by atoms with Crippen LogP contribution in [0.25, 0.3) is 0 Å². The van der Waals surface area contributed by atoms with Gasteiger partial charge in [-0.1, -0.05) is 29.3 Å². The number of nitrogens with one attached hydrogen (secondary N) is 1. The van der Waals surface area contributed by atoms with Crippen molar-refractivity contribution in [1.82, 2.24) is 10.2 Å². The summed E-state index contributed by atoms with van der Waals surface area (Å²) >= 11 is 12.5. The Hall–Kier alpha value is -3.67. The molecule has 0 radical (unpaired) electrons. The number of rotatable bonds is 14. The van der Waals surface area contributed by atoms with Crippen LogP contribution in [-0.2, 0) is 26.2 Å². The zero-order valence-corrected chi connectivity index (χ0v) is 26.9. The van der Waals surface area contributed by atoms with E-state index in [9.17, 15) is 18.0 Å². The van der Waals surface area contributed by atoms with Gasteiger partial charge in [-0.3, -0.25) is 13.9 Å². The molecule has 1 N–H and O–H groups in total. The Morgan fingerprint density at radius 1 is 0.930 bits per heavy atom. The van der Waals surface area contributed by atoms with E-state index in [1.54, 1.807) is 50.2 Å². The summed E-state index contributed by atoms with van der Waals surface area (Å²) in [5, 5.41) is 3.42. The molecule has 10 nitrogen and oxygen atoms in total. The Labute approximate surface area is 262 Å². The number of amides is 2. The molecule has 1 atom stereocenters. The first-order valence-electron chi connectivity index (χ1n) is 13.4. The molecule has 0 saturated heterocycles. The predicted molar refractivity (Wildman–Crippen MR) is 167 cm³/mol. The molecule has 3 rings (SSSR count). The van der Waals surface area contributed by atoms with Crippen LogP contribution in [0.5, 0.6) is 17.2 Å². The minimum Gasteiger partial charge on any atom is -0.494 e. The number of carbonyl (C=O) groups is 2. The number of nitrogens with zero attached hydrogens (tertiary/aromatic N) is 2. The molecule has 0 heterocycles. The van der Waals surface area contributed by atoms with E-state index in [2.05, 4.69) is 5.32 Å². The number of carbonyl (C=O) groups excluding carboxylic acids is 2. The molecule has 13 heteroatoms. The maximum absolute atomic E-state index is 14.1. The minimum atomic E-state index is -4.34. The normalized spacial score (nSPS) is 11.8. The van der Waals surface area contributed by atoms with Gasteiger partial charge in [0.15, 0.2) is 11.5 Å². The largest absolute Gasteiger partial charge is 0.494 e. The summed E-state index contributed by atoms with van der Waals surface area (Å²) in [6, 6.07) is 14.3. The fourth-order valence-corrected chi connectivity index (χ4v) is 6.14. The topological polar surface area (TPSA) is 114 Å². The van der Waals surface area contributed by atoms with Crippen LogP contribution in [0.2, 0.25) is 10.0 Å². The molecule has 0 bridgehead atoms. The fourth-order valence-electron chi connectivity index (χ4n) is 4.25.